The van der Waals surface area contributed by atoms with E-state index in [0.717, 1.165) is 36.2 Å². The van der Waals surface area contributed by atoms with Gasteiger partial charge in [-0.15, -0.1) is 0 Å². The summed E-state index contributed by atoms with van der Waals surface area (Å²) in [5.41, 5.74) is 5.10. The minimum absolute atomic E-state index is 0.00320. The van der Waals surface area contributed by atoms with Crippen molar-refractivity contribution >= 4 is 64.9 Å². The van der Waals surface area contributed by atoms with Crippen LogP contribution in [0, 0.1) is 35.0 Å². The van der Waals surface area contributed by atoms with Crippen molar-refractivity contribution in [2.75, 3.05) is 61.1 Å². The number of hydroxylamine groups is 2. The molecule has 4 N–H and O–H groups in total. The molecule has 0 aromatic rings. The molecule has 2 saturated heterocycles. The number of ketones is 1. The molecule has 1 aliphatic carbocycles. The highest BCUT2D eigenvalue weighted by molar-refractivity contribution is 6.12. The van der Waals surface area contributed by atoms with Gasteiger partial charge in [-0.25, -0.2) is 5.06 Å². The molecule has 0 radical (unpaired) electrons. The van der Waals surface area contributed by atoms with E-state index in [1.54, 1.807) is 36.1 Å². The van der Waals surface area contributed by atoms with Crippen LogP contribution in [0.5, 0.6) is 0 Å². The average Bonchev–Trinajstić information content (AvgIpc) is 1.57. The van der Waals surface area contributed by atoms with Crippen molar-refractivity contribution in [2.24, 2.45) is 35.0 Å². The maximum absolute atomic E-state index is 14.9. The lowest BCUT2D eigenvalue weighted by molar-refractivity contribution is -0.203. The number of likely N-dealkylation sites (tertiary alicyclic amines) is 1. The highest BCUT2D eigenvalue weighted by Gasteiger charge is 2.61. The fourth-order valence-corrected chi connectivity index (χ4v) is 13.5. The zero-order valence-electron chi connectivity index (χ0n) is 57.8. The summed E-state index contributed by atoms with van der Waals surface area (Å²) in [6.07, 6.45) is 14.5. The number of unbranched alkanes of at least 4 members (excludes halogenated alkanes) is 2. The Morgan fingerprint density at radius 2 is 1.49 bits per heavy atom. The molecule has 518 valence electrons. The zero-order valence-corrected chi connectivity index (χ0v) is 57.8. The van der Waals surface area contributed by atoms with Crippen LogP contribution in [-0.2, 0) is 71.8 Å². The molecule has 24 heteroatoms. The molecule has 4 rings (SSSR count). The van der Waals surface area contributed by atoms with E-state index >= 15 is 0 Å². The third-order valence-electron chi connectivity index (χ3n) is 18.8. The molecule has 3 fully saturated rings. The summed E-state index contributed by atoms with van der Waals surface area (Å²) in [7, 11) is 6.54. The third kappa shape index (κ3) is 21.9. The van der Waals surface area contributed by atoms with Gasteiger partial charge in [-0.05, 0) is 127 Å². The summed E-state index contributed by atoms with van der Waals surface area (Å²) >= 11 is 0. The Morgan fingerprint density at radius 3 is 2.08 bits per heavy atom. The Kier molecular flexibility index (Phi) is 32.3. The lowest BCUT2D eigenvalue weighted by Gasteiger charge is -2.41. The predicted octanol–water partition coefficient (Wildman–Crippen LogP) is 6.07. The van der Waals surface area contributed by atoms with Gasteiger partial charge in [0.2, 0.25) is 29.5 Å². The van der Waals surface area contributed by atoms with Crippen molar-refractivity contribution in [3.8, 4) is 0 Å². The average molecular weight is 1290 g/mol. The van der Waals surface area contributed by atoms with Gasteiger partial charge >= 0.3 is 5.97 Å². The molecule has 12 atom stereocenters. The predicted molar refractivity (Wildman–Crippen MR) is 347 cm³/mol. The van der Waals surface area contributed by atoms with Crippen molar-refractivity contribution in [2.45, 2.75) is 234 Å². The molecular weight excluding hydrogens is 1180 g/mol. The highest BCUT2D eigenvalue weighted by atomic mass is 16.7. The largest absolute Gasteiger partial charge is 0.460 e. The van der Waals surface area contributed by atoms with Crippen LogP contribution in [0.3, 0.4) is 0 Å². The highest BCUT2D eigenvalue weighted by Crippen LogP contribution is 2.61. The zero-order chi connectivity index (χ0) is 68.6. The molecule has 4 aliphatic rings. The quantitative estimate of drug-likeness (QED) is 0.0179. The van der Waals surface area contributed by atoms with E-state index in [1.807, 2.05) is 66.4 Å². The second-order valence-electron chi connectivity index (χ2n) is 26.3. The number of nitrogens with zero attached hydrogens (tertiary/aromatic N) is 5. The lowest BCUT2D eigenvalue weighted by atomic mass is 9.86. The van der Waals surface area contributed by atoms with E-state index in [9.17, 15) is 52.7 Å². The van der Waals surface area contributed by atoms with E-state index in [2.05, 4.69) is 40.6 Å². The number of carbonyl (C=O) groups excluding carboxylic acids is 11. The Hall–Kier alpha value is -6.37. The molecule has 24 nitrogen and oxygen atoms in total. The van der Waals surface area contributed by atoms with E-state index in [4.69, 9.17) is 19.0 Å². The van der Waals surface area contributed by atoms with Crippen molar-refractivity contribution < 1.29 is 71.8 Å². The molecule has 0 bridgehead atoms. The number of hydrogen-bond donors (Lipinski definition) is 4. The summed E-state index contributed by atoms with van der Waals surface area (Å²) < 4.78 is 17.8. The molecule has 3 heterocycles. The standard InChI is InChI=1S/C68H111N9O15/c1-16-27-49(28-17-2)50-42-68(50,67(88)77-39-22-23-40-91-77)35-24-30-52(79)46(9)63(90-15)51-29-25-38-75(51)57(83)41-53(89-14)62(45(8)18-3)74(13)66(87)59(43(4)5)70-65(86)61(44(6)7)73(12)36-26-32-58(84)92-47(10)60(69-48(11)78)64(85)72-71-54(80)31-20-19-21-37-76-55(81)33-34-56(76)82/h16,27-28,33-34,43-47,50-51,53,59-63H,17-26,29-32,35-42H2,1-15H3,(H,69,78)(H,70,86)(H,71,80)(H,72,85). The summed E-state index contributed by atoms with van der Waals surface area (Å²) in [6, 6.07) is -4.00. The number of Topliss-reactive ketones (excluding diaryl/α,β-unsaturated/α-hetero) is 1. The monoisotopic (exact) mass is 1290 g/mol. The van der Waals surface area contributed by atoms with E-state index in [1.165, 1.54) is 33.1 Å². The number of esters is 1. The van der Waals surface area contributed by atoms with Crippen molar-refractivity contribution in [3.63, 3.8) is 0 Å². The van der Waals surface area contributed by atoms with Crippen molar-refractivity contribution in [3.05, 3.63) is 36.0 Å². The Morgan fingerprint density at radius 1 is 0.793 bits per heavy atom. The first-order chi connectivity index (χ1) is 43.6. The maximum Gasteiger partial charge on any atom is 0.306 e. The lowest BCUT2D eigenvalue weighted by Crippen LogP contribution is -2.60. The van der Waals surface area contributed by atoms with Gasteiger partial charge in [0.15, 0.2) is 0 Å². The Labute approximate surface area is 546 Å². The van der Waals surface area contributed by atoms with Gasteiger partial charge in [-0.3, -0.25) is 78.2 Å². The molecule has 3 aliphatic heterocycles. The van der Waals surface area contributed by atoms with Gasteiger partial charge in [-0.2, -0.15) is 0 Å². The minimum Gasteiger partial charge on any atom is -0.460 e. The summed E-state index contributed by atoms with van der Waals surface area (Å²) in [5, 5.41) is 7.07. The molecule has 1 saturated carbocycles. The van der Waals surface area contributed by atoms with Gasteiger partial charge in [0, 0.05) is 85.2 Å². The molecule has 0 aromatic carbocycles. The van der Waals surface area contributed by atoms with Gasteiger partial charge in [-0.1, -0.05) is 86.5 Å². The summed E-state index contributed by atoms with van der Waals surface area (Å²) in [5.74, 6) is -5.46. The molecule has 92 heavy (non-hydrogen) atoms. The second kappa shape index (κ2) is 38.1. The fourth-order valence-electron chi connectivity index (χ4n) is 13.5. The maximum atomic E-state index is 14.9. The van der Waals surface area contributed by atoms with Crippen LogP contribution in [0.25, 0.3) is 0 Å². The van der Waals surface area contributed by atoms with Gasteiger partial charge in [0.05, 0.1) is 48.8 Å². The van der Waals surface area contributed by atoms with Crippen LogP contribution in [-0.4, -0.2) is 199 Å². The van der Waals surface area contributed by atoms with E-state index in [0.29, 0.717) is 71.1 Å². The molecular formula is C68H111N9O15. The van der Waals surface area contributed by atoms with Crippen LogP contribution < -0.4 is 21.5 Å². The van der Waals surface area contributed by atoms with Gasteiger partial charge in [0.25, 0.3) is 23.6 Å². The second-order valence-corrected chi connectivity index (χ2v) is 26.3. The van der Waals surface area contributed by atoms with Gasteiger partial charge in [0.1, 0.15) is 24.0 Å². The molecule has 0 aromatic heterocycles. The molecule has 0 spiro atoms. The number of allylic oxidation sites excluding steroid dienone is 4. The number of nitrogens with one attached hydrogen (secondary N) is 4. The van der Waals surface area contributed by atoms with Crippen LogP contribution in [0.4, 0.5) is 0 Å². The summed E-state index contributed by atoms with van der Waals surface area (Å²) in [6.45, 7) is 22.1. The molecule has 9 amide bonds. The number of imide groups is 1. The molecule has 12 unspecified atom stereocenters. The Bertz CT molecular complexity index is 2600. The smallest absolute Gasteiger partial charge is 0.306 e. The number of ether oxygens (including phenoxy) is 3. The Balaban J connectivity index is 1.34. The van der Waals surface area contributed by atoms with Gasteiger partial charge < -0.3 is 34.6 Å². The number of methoxy groups -OCH3 is 2. The number of rotatable bonds is 39. The SMILES string of the molecule is CC=CC(=CCC)C1CC1(CCCC(=O)C(C)C(OC)C1CCCN1C(=O)CC(OC)C(C(C)CC)N(C)C(=O)C(NC(=O)C(C(C)C)N(C)CCCC(=O)OC(C)C(NC(C)=O)C(=O)NNC(=O)CCCCCN1C(=O)C=CC1=O)C(C)C)C(=O)N1CCCCO1. The third-order valence-corrected chi connectivity index (χ3v) is 18.8. The fraction of sp³-hybridized carbons (Fsp3) is 0.750. The van der Waals surface area contributed by atoms with E-state index < -0.39 is 83.4 Å². The number of amides is 9. The normalized spacial score (nSPS) is 21.4. The van der Waals surface area contributed by atoms with Crippen molar-refractivity contribution in [1.82, 2.24) is 46.1 Å². The van der Waals surface area contributed by atoms with Crippen molar-refractivity contribution in [1.29, 1.82) is 0 Å². The van der Waals surface area contributed by atoms with E-state index in [-0.39, 0.29) is 110 Å². The first-order valence-electron chi connectivity index (χ1n) is 33.7. The first-order valence-corrected chi connectivity index (χ1v) is 33.7. The topological polar surface area (TPSA) is 289 Å². The number of hydrogen-bond acceptors (Lipinski definition) is 16. The number of likely N-dealkylation sites (N-methyl/N-ethyl adjacent to an activating group) is 2. The van der Waals surface area contributed by atoms with Crippen LogP contribution in [0.15, 0.2) is 36.0 Å². The number of hydrazine groups is 1. The minimum atomic E-state index is -1.36. The van der Waals surface area contributed by atoms with Crippen LogP contribution >= 0.6 is 0 Å². The van der Waals surface area contributed by atoms with Crippen LogP contribution in [0.2, 0.25) is 0 Å². The number of carbonyl (C=O) groups is 11. The first kappa shape index (κ1) is 78.1. The summed E-state index contributed by atoms with van der Waals surface area (Å²) in [4.78, 5) is 159. The van der Waals surface area contributed by atoms with Crippen LogP contribution in [0.1, 0.15) is 185 Å².